The fourth-order valence-electron chi connectivity index (χ4n) is 2.45. The standard InChI is InChI=1S/C20H22N2O5/c1-4-26-20(25)16-11-8-12-17(21-14(2)23)19(16)22(3)18(24)13-27-15-9-6-5-7-10-15/h5-12H,4,13H2,1-3H3,(H,21,23). The fourth-order valence-corrected chi connectivity index (χ4v) is 2.45. The van der Waals surface area contributed by atoms with E-state index in [1.807, 2.05) is 6.07 Å². The molecule has 1 N–H and O–H groups in total. The number of ether oxygens (including phenoxy) is 2. The average molecular weight is 370 g/mol. The molecule has 0 aromatic heterocycles. The van der Waals surface area contributed by atoms with Crippen molar-refractivity contribution in [3.05, 3.63) is 54.1 Å². The van der Waals surface area contributed by atoms with E-state index < -0.39 is 5.97 Å². The Kier molecular flexibility index (Phi) is 6.93. The number of para-hydroxylation sites is 2. The molecule has 142 valence electrons. The number of rotatable bonds is 7. The summed E-state index contributed by atoms with van der Waals surface area (Å²) in [6.45, 7) is 3.01. The summed E-state index contributed by atoms with van der Waals surface area (Å²) in [7, 11) is 1.51. The van der Waals surface area contributed by atoms with Crippen LogP contribution < -0.4 is 15.0 Å². The summed E-state index contributed by atoms with van der Waals surface area (Å²) in [6.07, 6.45) is 0. The number of nitrogens with zero attached hydrogens (tertiary/aromatic N) is 1. The van der Waals surface area contributed by atoms with Crippen LogP contribution in [0.15, 0.2) is 48.5 Å². The maximum absolute atomic E-state index is 12.6. The molecule has 0 bridgehead atoms. The van der Waals surface area contributed by atoms with Crippen LogP contribution in [0.1, 0.15) is 24.2 Å². The first-order valence-electron chi connectivity index (χ1n) is 8.46. The molecule has 0 unspecified atom stereocenters. The van der Waals surface area contributed by atoms with E-state index in [1.165, 1.54) is 18.9 Å². The molecule has 0 fully saturated rings. The molecule has 2 rings (SSSR count). The Morgan fingerprint density at radius 1 is 1.04 bits per heavy atom. The highest BCUT2D eigenvalue weighted by molar-refractivity contribution is 6.08. The summed E-state index contributed by atoms with van der Waals surface area (Å²) in [5, 5.41) is 2.64. The summed E-state index contributed by atoms with van der Waals surface area (Å²) in [4.78, 5) is 37.7. The summed E-state index contributed by atoms with van der Waals surface area (Å²) in [6, 6.07) is 13.7. The third kappa shape index (κ3) is 5.31. The van der Waals surface area contributed by atoms with Crippen LogP contribution in [-0.4, -0.2) is 38.0 Å². The van der Waals surface area contributed by atoms with Crippen LogP contribution in [-0.2, 0) is 14.3 Å². The van der Waals surface area contributed by atoms with Crippen LogP contribution in [0.2, 0.25) is 0 Å². The minimum absolute atomic E-state index is 0.179. The molecular formula is C20H22N2O5. The van der Waals surface area contributed by atoms with Crippen molar-refractivity contribution in [3.63, 3.8) is 0 Å². The van der Waals surface area contributed by atoms with Gasteiger partial charge in [0.25, 0.3) is 5.91 Å². The van der Waals surface area contributed by atoms with Crippen molar-refractivity contribution in [2.75, 3.05) is 30.5 Å². The average Bonchev–Trinajstić information content (AvgIpc) is 2.66. The van der Waals surface area contributed by atoms with Gasteiger partial charge in [-0.05, 0) is 31.2 Å². The van der Waals surface area contributed by atoms with Crippen molar-refractivity contribution < 1.29 is 23.9 Å². The molecule has 0 aliphatic carbocycles. The van der Waals surface area contributed by atoms with Crippen LogP contribution in [0.25, 0.3) is 0 Å². The van der Waals surface area contributed by atoms with Crippen molar-refractivity contribution in [2.24, 2.45) is 0 Å². The molecular weight excluding hydrogens is 348 g/mol. The Morgan fingerprint density at radius 2 is 1.74 bits per heavy atom. The lowest BCUT2D eigenvalue weighted by Crippen LogP contribution is -2.33. The van der Waals surface area contributed by atoms with Gasteiger partial charge in [0, 0.05) is 14.0 Å². The topological polar surface area (TPSA) is 84.9 Å². The van der Waals surface area contributed by atoms with Gasteiger partial charge in [0.1, 0.15) is 5.75 Å². The third-order valence-electron chi connectivity index (χ3n) is 3.66. The minimum Gasteiger partial charge on any atom is -0.484 e. The largest absolute Gasteiger partial charge is 0.484 e. The molecule has 2 amide bonds. The molecule has 0 radical (unpaired) electrons. The van der Waals surface area contributed by atoms with Crippen LogP contribution in [0, 0.1) is 0 Å². The quantitative estimate of drug-likeness (QED) is 0.758. The van der Waals surface area contributed by atoms with E-state index in [4.69, 9.17) is 9.47 Å². The molecule has 0 aliphatic rings. The number of nitrogens with one attached hydrogen (secondary N) is 1. The number of esters is 1. The minimum atomic E-state index is -0.580. The van der Waals surface area contributed by atoms with E-state index in [-0.39, 0.29) is 36.3 Å². The van der Waals surface area contributed by atoms with E-state index in [2.05, 4.69) is 5.32 Å². The smallest absolute Gasteiger partial charge is 0.340 e. The number of carbonyl (C=O) groups is 3. The lowest BCUT2D eigenvalue weighted by atomic mass is 10.1. The first-order valence-corrected chi connectivity index (χ1v) is 8.46. The van der Waals surface area contributed by atoms with Crippen LogP contribution in [0.3, 0.4) is 0 Å². The predicted molar refractivity (Wildman–Crippen MR) is 102 cm³/mol. The summed E-state index contributed by atoms with van der Waals surface area (Å²) in [5.74, 6) is -0.732. The van der Waals surface area contributed by atoms with Gasteiger partial charge in [-0.1, -0.05) is 24.3 Å². The fraction of sp³-hybridized carbons (Fsp3) is 0.250. The molecule has 7 nitrogen and oxygen atoms in total. The molecule has 2 aromatic rings. The molecule has 7 heteroatoms. The van der Waals surface area contributed by atoms with Crippen molar-refractivity contribution in [3.8, 4) is 5.75 Å². The maximum Gasteiger partial charge on any atom is 0.340 e. The normalized spacial score (nSPS) is 10.0. The second kappa shape index (κ2) is 9.38. The Labute approximate surface area is 157 Å². The first-order chi connectivity index (χ1) is 12.9. The molecule has 0 heterocycles. The molecule has 0 saturated carbocycles. The van der Waals surface area contributed by atoms with Gasteiger partial charge in [-0.2, -0.15) is 0 Å². The number of benzene rings is 2. The highest BCUT2D eigenvalue weighted by Gasteiger charge is 2.23. The van der Waals surface area contributed by atoms with Crippen molar-refractivity contribution in [1.82, 2.24) is 0 Å². The summed E-state index contributed by atoms with van der Waals surface area (Å²) in [5.41, 5.74) is 0.773. The molecule has 2 aromatic carbocycles. The van der Waals surface area contributed by atoms with Gasteiger partial charge in [-0.3, -0.25) is 9.59 Å². The van der Waals surface area contributed by atoms with Crippen LogP contribution >= 0.6 is 0 Å². The van der Waals surface area contributed by atoms with E-state index in [0.29, 0.717) is 11.4 Å². The number of anilines is 2. The second-order valence-corrected chi connectivity index (χ2v) is 5.66. The monoisotopic (exact) mass is 370 g/mol. The van der Waals surface area contributed by atoms with E-state index in [0.717, 1.165) is 0 Å². The van der Waals surface area contributed by atoms with Crippen molar-refractivity contribution >= 4 is 29.2 Å². The molecule has 0 atom stereocenters. The van der Waals surface area contributed by atoms with Gasteiger partial charge >= 0.3 is 5.97 Å². The van der Waals surface area contributed by atoms with E-state index in [1.54, 1.807) is 49.4 Å². The zero-order valence-electron chi connectivity index (χ0n) is 15.5. The molecule has 0 aliphatic heterocycles. The van der Waals surface area contributed by atoms with Crippen LogP contribution in [0.4, 0.5) is 11.4 Å². The molecule has 27 heavy (non-hydrogen) atoms. The lowest BCUT2D eigenvalue weighted by molar-refractivity contribution is -0.120. The van der Waals surface area contributed by atoms with Crippen molar-refractivity contribution in [2.45, 2.75) is 13.8 Å². The van der Waals surface area contributed by atoms with Gasteiger partial charge in [-0.25, -0.2) is 4.79 Å². The third-order valence-corrected chi connectivity index (χ3v) is 3.66. The predicted octanol–water partition coefficient (Wildman–Crippen LogP) is 2.86. The second-order valence-electron chi connectivity index (χ2n) is 5.66. The molecule has 0 spiro atoms. The van der Waals surface area contributed by atoms with E-state index >= 15 is 0 Å². The number of likely N-dealkylation sites (N-methyl/N-ethyl adjacent to an activating group) is 1. The van der Waals surface area contributed by atoms with Gasteiger partial charge < -0.3 is 19.7 Å². The Morgan fingerprint density at radius 3 is 2.37 bits per heavy atom. The van der Waals surface area contributed by atoms with Gasteiger partial charge in [-0.15, -0.1) is 0 Å². The van der Waals surface area contributed by atoms with Gasteiger partial charge in [0.15, 0.2) is 6.61 Å². The summed E-state index contributed by atoms with van der Waals surface area (Å²) >= 11 is 0. The molecule has 0 saturated heterocycles. The zero-order chi connectivity index (χ0) is 19.8. The highest BCUT2D eigenvalue weighted by atomic mass is 16.5. The Balaban J connectivity index is 2.30. The van der Waals surface area contributed by atoms with Gasteiger partial charge in [0.2, 0.25) is 5.91 Å². The summed E-state index contributed by atoms with van der Waals surface area (Å²) < 4.78 is 10.6. The Hall–Kier alpha value is -3.35. The zero-order valence-corrected chi connectivity index (χ0v) is 15.5. The van der Waals surface area contributed by atoms with E-state index in [9.17, 15) is 14.4 Å². The van der Waals surface area contributed by atoms with Crippen LogP contribution in [0.5, 0.6) is 5.75 Å². The Bertz CT molecular complexity index is 820. The number of hydrogen-bond acceptors (Lipinski definition) is 5. The van der Waals surface area contributed by atoms with Crippen molar-refractivity contribution in [1.29, 1.82) is 0 Å². The SMILES string of the molecule is CCOC(=O)c1cccc(NC(C)=O)c1N(C)C(=O)COc1ccccc1. The lowest BCUT2D eigenvalue weighted by Gasteiger charge is -2.23. The highest BCUT2D eigenvalue weighted by Crippen LogP contribution is 2.30. The first kappa shape index (κ1) is 20.0. The van der Waals surface area contributed by atoms with Gasteiger partial charge in [0.05, 0.1) is 23.5 Å². The number of carbonyl (C=O) groups excluding carboxylic acids is 3. The maximum atomic E-state index is 12.6. The number of amides is 2. The number of hydrogen-bond donors (Lipinski definition) is 1.